The molecule has 2 aliphatic heterocycles. The van der Waals surface area contributed by atoms with Crippen molar-refractivity contribution in [1.82, 2.24) is 0 Å². The van der Waals surface area contributed by atoms with Crippen molar-refractivity contribution in [3.63, 3.8) is 0 Å². The molecule has 0 bridgehead atoms. The number of Topliss-reactive ketones (excluding diaryl/α,β-unsaturated/α-hetero) is 2. The first-order chi connectivity index (χ1) is 63.7. The van der Waals surface area contributed by atoms with Gasteiger partial charge in [0.15, 0.2) is 64.0 Å². The highest BCUT2D eigenvalue weighted by molar-refractivity contribution is 14.1. The first-order valence-corrected chi connectivity index (χ1v) is 76.9. The Morgan fingerprint density at radius 2 is 0.831 bits per heavy atom. The Hall–Kier alpha value is -2.34. The molecule has 0 unspecified atom stereocenters. The molecule has 16 nitrogen and oxygen atoms in total. The summed E-state index contributed by atoms with van der Waals surface area (Å²) in [4.78, 5) is 23.8. The molecule has 2 aromatic carbocycles. The van der Waals surface area contributed by atoms with E-state index in [1.165, 1.54) is 29.6 Å². The van der Waals surface area contributed by atoms with Gasteiger partial charge in [-0.2, -0.15) is 0 Å². The van der Waals surface area contributed by atoms with E-state index in [4.69, 9.17) is 40.5 Å². The Kier molecular flexibility index (Phi) is 47.5. The van der Waals surface area contributed by atoms with Gasteiger partial charge in [-0.1, -0.05) is 318 Å². The van der Waals surface area contributed by atoms with E-state index >= 15 is 0 Å². The molecule has 142 heavy (non-hydrogen) atoms. The Morgan fingerprint density at radius 1 is 0.458 bits per heavy atom. The lowest BCUT2D eigenvalue weighted by atomic mass is 9.78. The molecule has 25 heteroatoms. The number of epoxide rings is 2. The second-order valence-corrected chi connectivity index (χ2v) is 91.5. The quantitative estimate of drug-likeness (QED) is 0.0192. The van der Waals surface area contributed by atoms with E-state index in [0.29, 0.717) is 80.4 Å². The van der Waals surface area contributed by atoms with Crippen molar-refractivity contribution in [3.8, 4) is 0 Å². The summed E-state index contributed by atoms with van der Waals surface area (Å²) in [6.07, 6.45) is 16.4. The highest BCUT2D eigenvalue weighted by Gasteiger charge is 2.63. The van der Waals surface area contributed by atoms with Crippen LogP contribution in [0.2, 0.25) is 127 Å². The number of aliphatic hydroxyl groups excluding tert-OH is 4. The number of allylic oxidation sites excluding steroid dienone is 4. The average Bonchev–Trinajstić information content (AvgIpc) is 1.58. The second kappa shape index (κ2) is 51.1. The molecule has 2 aromatic rings. The van der Waals surface area contributed by atoms with Crippen LogP contribution < -0.4 is 10.6 Å². The van der Waals surface area contributed by atoms with Crippen molar-refractivity contribution < 1.29 is 75.0 Å². The number of hydrogen-bond donors (Lipinski definition) is 4. The van der Waals surface area contributed by atoms with Gasteiger partial charge in [0.05, 0.1) is 61.0 Å². The molecular weight excluding hydrogens is 2020 g/mol. The minimum Gasteiger partial charge on any atom is -0.416 e. The lowest BCUT2D eigenvalue weighted by molar-refractivity contribution is -0.125. The van der Waals surface area contributed by atoms with Gasteiger partial charge in [0.1, 0.15) is 24.1 Å². The highest BCUT2D eigenvalue weighted by Crippen LogP contribution is 2.54. The first-order valence-electron chi connectivity index (χ1n) is 53.1. The van der Waals surface area contributed by atoms with Gasteiger partial charge in [-0.3, -0.25) is 9.59 Å². The van der Waals surface area contributed by atoms with Gasteiger partial charge in [0, 0.05) is 84.5 Å². The number of hydrogen-bond acceptors (Lipinski definition) is 16. The van der Waals surface area contributed by atoms with Crippen LogP contribution in [-0.2, 0) is 54.6 Å². The Morgan fingerprint density at radius 3 is 1.22 bits per heavy atom. The van der Waals surface area contributed by atoms with Crippen LogP contribution in [0, 0.1) is 41.4 Å². The van der Waals surface area contributed by atoms with Crippen LogP contribution in [0.1, 0.15) is 284 Å². The van der Waals surface area contributed by atoms with Crippen LogP contribution in [0.5, 0.6) is 0 Å². The van der Waals surface area contributed by atoms with Crippen LogP contribution in [0.25, 0.3) is 0 Å². The maximum atomic E-state index is 14.7. The standard InChI is InChI=1S/C34H53O3PSi2.C20H40O3Si2.C14H27IOSi.C14H28O3Si.C14H28O2Si.C10H16O2.C10H14O2.CH4/c1-27-29(26-36-39(8,9)33(2,3)4)24-28(25-32(27)37-40(10,11)34(5,6)7)22-23-38(35,30-18-14-12-15-19-30)31-20-16-13-17-21-31;1-15-16(14-22-24(8,9)19(2,3)4)12-17(21)13-18(15)23-25(10,11)20(5,6)7;1-11-7-8-12(10-15)13(9-11)16-17(5,6)14(2,3)4;1-10-11(9-15)7-12(16)8-13(10)17-18(5,6)14(2,3)4;1-10-8-12(15)11(2)13(9-10)16-17(6,7)14(3,4)5;2*1-6(2)7-4-8(11)10(3)9(5-7)12-10;/h12-22,29,32H,1,23-26H2,2-11H3;16,18H,1,12-14H2,2-11H3;8,11,13H,7,9-10H2,1-6H3;11-13,15-16H,1,7-9H2,2-6H3;10,12-13,15H,2,8-9H2,1,3-7H3;7-9,11H,1,4-5H2,2-3H3;7,9H,1,4-5H2,2-3H3;1H4/b28-22+;;;;;;;/t29-,32+;16-,18+;11-,13+;11-,12-,13+;10-,12-,13+;7-,8-,9+,10-;7-,9+,10-;/m0000011./s1. The van der Waals surface area contributed by atoms with Crippen molar-refractivity contribution in [3.05, 3.63) is 157 Å². The summed E-state index contributed by atoms with van der Waals surface area (Å²) < 4.78 is 72.6. The maximum Gasteiger partial charge on any atom is 0.192 e. The molecular formula is C117H210IO16PSi7. The molecule has 9 aliphatic rings. The molecule has 19 atom stereocenters. The number of benzene rings is 2. The van der Waals surface area contributed by atoms with Crippen LogP contribution in [0.4, 0.5) is 0 Å². The largest absolute Gasteiger partial charge is 0.416 e. The summed E-state index contributed by atoms with van der Waals surface area (Å²) in [5.41, 5.74) is 8.55. The Labute approximate surface area is 890 Å². The average molecular weight is 2230 g/mol. The second-order valence-electron chi connectivity index (χ2n) is 54.5. The number of halogens is 1. The predicted molar refractivity (Wildman–Crippen MR) is 631 cm³/mol. The molecule has 11 rings (SSSR count). The van der Waals surface area contributed by atoms with E-state index in [2.05, 4.69) is 325 Å². The summed E-state index contributed by atoms with van der Waals surface area (Å²) >= 11 is 2.47. The number of carbonyl (C=O) groups is 2. The third-order valence-corrected chi connectivity index (χ3v) is 70.8. The van der Waals surface area contributed by atoms with E-state index in [0.717, 1.165) is 93.8 Å². The van der Waals surface area contributed by atoms with Gasteiger partial charge in [-0.15, -0.1) is 0 Å². The molecule has 6 saturated carbocycles. The molecule has 2 heterocycles. The number of ether oxygens (including phenoxy) is 2. The highest BCUT2D eigenvalue weighted by atomic mass is 127. The zero-order chi connectivity index (χ0) is 109. The van der Waals surface area contributed by atoms with Crippen molar-refractivity contribution in [2.75, 3.05) is 30.4 Å². The molecule has 0 spiro atoms. The Balaban J connectivity index is 0.000000360. The lowest BCUT2D eigenvalue weighted by Crippen LogP contribution is -2.48. The van der Waals surface area contributed by atoms with Crippen LogP contribution in [0.3, 0.4) is 0 Å². The fourth-order valence-corrected chi connectivity index (χ4v) is 29.1. The van der Waals surface area contributed by atoms with Crippen molar-refractivity contribution in [2.45, 2.75) is 483 Å². The molecule has 7 aliphatic carbocycles. The van der Waals surface area contributed by atoms with Gasteiger partial charge in [0.25, 0.3) is 0 Å². The van der Waals surface area contributed by atoms with E-state index < -0.39 is 71.0 Å². The zero-order valence-electron chi connectivity index (χ0n) is 96.9. The third-order valence-electron chi connectivity index (χ3n) is 35.5. The van der Waals surface area contributed by atoms with Crippen molar-refractivity contribution >= 4 is 110 Å². The van der Waals surface area contributed by atoms with Crippen molar-refractivity contribution in [1.29, 1.82) is 0 Å². The molecule has 0 radical (unpaired) electrons. The fourth-order valence-electron chi connectivity index (χ4n) is 17.1. The van der Waals surface area contributed by atoms with Crippen LogP contribution in [-0.4, -0.2) is 193 Å². The summed E-state index contributed by atoms with van der Waals surface area (Å²) in [5.74, 6) is 2.90. The molecule has 0 amide bonds. The SMILES string of the molecule is C.C=C(C)[C@@H]1CC(=O)[C@@]2(C)O[C@H]2C1.C=C(C)[C@@H]1C[C@@H](O)[C@@]2(C)O[C@H]2C1.C=C1[C@@H](O)C[C@H](C)C[C@H]1O[Si](C)(C)C(C)(C)C.C=C1[C@H](CO)C[C@H](O)C[C@H]1O[Si](C)(C)C(C)(C)C.C=C1[C@H](CO[Si](C)(C)C(C)(C)C)C/C(=C\CP(=O)(c2ccccc2)c2ccccc2)C[C@H]1O[Si](C)(C)C(C)(C)C.C=C1[C@H](CO[Si](C)(C)C(C)(C)C)CC(=O)C[C@H]1O[Si](C)(C)C(C)(C)C.C[C@H]1CC=C(CI)[C@H](O[Si](C)(C)C(C)(C)C)C1. The summed E-state index contributed by atoms with van der Waals surface area (Å²) in [6, 6.07) is 19.9. The predicted octanol–water partition coefficient (Wildman–Crippen LogP) is 30.7. The van der Waals surface area contributed by atoms with Gasteiger partial charge < -0.3 is 65.4 Å². The van der Waals surface area contributed by atoms with E-state index in [1.807, 2.05) is 88.4 Å². The van der Waals surface area contributed by atoms with E-state index in [9.17, 15) is 34.6 Å². The zero-order valence-corrected chi connectivity index (χ0v) is 107. The molecule has 2 saturated heterocycles. The smallest absolute Gasteiger partial charge is 0.192 e. The number of rotatable bonds is 24. The number of aliphatic hydroxyl groups is 4. The van der Waals surface area contributed by atoms with Gasteiger partial charge >= 0.3 is 0 Å². The molecule has 0 aromatic heterocycles. The van der Waals surface area contributed by atoms with Crippen molar-refractivity contribution in [2.24, 2.45) is 41.4 Å². The van der Waals surface area contributed by atoms with E-state index in [1.54, 1.807) is 0 Å². The van der Waals surface area contributed by atoms with Crippen LogP contribution >= 0.6 is 29.7 Å². The number of ketones is 2. The molecule has 4 N–H and O–H groups in total. The van der Waals surface area contributed by atoms with Gasteiger partial charge in [0.2, 0.25) is 0 Å². The number of fused-ring (bicyclic) bond motifs is 2. The number of carbonyl (C=O) groups excluding carboxylic acids is 2. The topological polar surface area (TPSA) is 222 Å². The number of alkyl halides is 1. The first kappa shape index (κ1) is 132. The Bertz CT molecular complexity index is 4560. The van der Waals surface area contributed by atoms with E-state index in [-0.39, 0.29) is 134 Å². The minimum absolute atomic E-state index is 0. The summed E-state index contributed by atoms with van der Waals surface area (Å²) in [6.45, 7) is 118. The van der Waals surface area contributed by atoms with Gasteiger partial charge in [-0.25, -0.2) is 0 Å². The maximum absolute atomic E-state index is 14.7. The summed E-state index contributed by atoms with van der Waals surface area (Å²) in [5, 5.41) is 41.9. The molecule has 814 valence electrons. The monoisotopic (exact) mass is 2230 g/mol. The van der Waals surface area contributed by atoms with Crippen LogP contribution in [0.15, 0.2) is 157 Å². The van der Waals surface area contributed by atoms with Gasteiger partial charge in [-0.05, 0) is 270 Å². The normalized spacial score (nSPS) is 29.1. The fraction of sp³-hybridized carbons (Fsp3) is 0.744. The third kappa shape index (κ3) is 36.2. The minimum atomic E-state index is -2.83. The molecule has 8 fully saturated rings. The lowest BCUT2D eigenvalue weighted by Gasteiger charge is -2.44. The summed E-state index contributed by atoms with van der Waals surface area (Å²) in [7, 11) is -15.8.